The third kappa shape index (κ3) is 4.11. The Kier molecular flexibility index (Phi) is 5.68. The number of carbonyl (C=O) groups excluding carboxylic acids is 2. The van der Waals surface area contributed by atoms with Crippen molar-refractivity contribution >= 4 is 17.6 Å². The molecule has 0 unspecified atom stereocenters. The zero-order chi connectivity index (χ0) is 18.4. The number of ether oxygens (including phenoxy) is 1. The monoisotopic (exact) mass is 354 g/mol. The molecule has 1 fully saturated rings. The molecule has 2 heterocycles. The first-order valence-electron chi connectivity index (χ1n) is 8.71. The molecule has 1 saturated heterocycles. The van der Waals surface area contributed by atoms with E-state index >= 15 is 0 Å². The number of para-hydroxylation sites is 2. The number of likely N-dealkylation sites (N-methyl/N-ethyl adjacent to an activating group) is 1. The Morgan fingerprint density at radius 2 is 2.12 bits per heavy atom. The van der Waals surface area contributed by atoms with E-state index in [4.69, 9.17) is 4.74 Å². The summed E-state index contributed by atoms with van der Waals surface area (Å²) in [6.07, 6.45) is 4.75. The Balaban J connectivity index is 1.72. The molecule has 0 spiro atoms. The van der Waals surface area contributed by atoms with Crippen molar-refractivity contribution in [2.24, 2.45) is 0 Å². The number of carbonyl (C=O) groups is 2. The van der Waals surface area contributed by atoms with Gasteiger partial charge in [0.1, 0.15) is 11.8 Å². The molecule has 3 amide bonds. The van der Waals surface area contributed by atoms with Crippen LogP contribution in [0.25, 0.3) is 0 Å². The van der Waals surface area contributed by atoms with Gasteiger partial charge in [0.2, 0.25) is 5.91 Å². The Morgan fingerprint density at radius 3 is 2.88 bits per heavy atom. The third-order valence-corrected chi connectivity index (χ3v) is 4.16. The van der Waals surface area contributed by atoms with Gasteiger partial charge in [0.15, 0.2) is 5.75 Å². The highest BCUT2D eigenvalue weighted by Crippen LogP contribution is 2.29. The van der Waals surface area contributed by atoms with E-state index in [9.17, 15) is 9.59 Å². The summed E-state index contributed by atoms with van der Waals surface area (Å²) in [4.78, 5) is 30.5. The van der Waals surface area contributed by atoms with Crippen molar-refractivity contribution in [3.05, 3.63) is 48.8 Å². The van der Waals surface area contributed by atoms with Crippen LogP contribution in [0.3, 0.4) is 0 Å². The van der Waals surface area contributed by atoms with E-state index in [0.29, 0.717) is 36.7 Å². The van der Waals surface area contributed by atoms with Crippen LogP contribution in [0.15, 0.2) is 48.8 Å². The highest BCUT2D eigenvalue weighted by molar-refractivity contribution is 5.95. The Bertz CT molecular complexity index is 766. The van der Waals surface area contributed by atoms with Crippen molar-refractivity contribution in [3.8, 4) is 11.5 Å². The lowest BCUT2D eigenvalue weighted by Crippen LogP contribution is -2.47. The Labute approximate surface area is 152 Å². The van der Waals surface area contributed by atoms with Crippen LogP contribution in [-0.2, 0) is 4.79 Å². The summed E-state index contributed by atoms with van der Waals surface area (Å²) in [6, 6.07) is 10.0. The van der Waals surface area contributed by atoms with Crippen molar-refractivity contribution in [2.75, 3.05) is 18.4 Å². The van der Waals surface area contributed by atoms with Crippen LogP contribution in [0.5, 0.6) is 11.5 Å². The minimum Gasteiger partial charge on any atom is -0.454 e. The molecule has 1 atom stereocenters. The van der Waals surface area contributed by atoms with Gasteiger partial charge in [0, 0.05) is 19.3 Å². The molecule has 0 aliphatic carbocycles. The van der Waals surface area contributed by atoms with E-state index in [1.807, 2.05) is 19.1 Å². The van der Waals surface area contributed by atoms with Gasteiger partial charge in [-0.05, 0) is 44.0 Å². The maximum atomic E-state index is 12.7. The summed E-state index contributed by atoms with van der Waals surface area (Å²) in [5.74, 6) is 0.984. The second-order valence-electron chi connectivity index (χ2n) is 5.96. The molecule has 2 aromatic rings. The van der Waals surface area contributed by atoms with E-state index in [1.54, 1.807) is 41.6 Å². The van der Waals surface area contributed by atoms with Gasteiger partial charge in [-0.3, -0.25) is 9.78 Å². The first kappa shape index (κ1) is 17.7. The van der Waals surface area contributed by atoms with E-state index in [-0.39, 0.29) is 11.9 Å². The summed E-state index contributed by atoms with van der Waals surface area (Å²) in [7, 11) is 0. The van der Waals surface area contributed by atoms with Gasteiger partial charge in [-0.15, -0.1) is 0 Å². The highest BCUT2D eigenvalue weighted by Gasteiger charge is 2.34. The third-order valence-electron chi connectivity index (χ3n) is 4.16. The average Bonchev–Trinajstić information content (AvgIpc) is 3.14. The summed E-state index contributed by atoms with van der Waals surface area (Å²) in [5.41, 5.74) is 0.544. The molecule has 1 aromatic carbocycles. The minimum atomic E-state index is -0.429. The van der Waals surface area contributed by atoms with Crippen LogP contribution in [0.2, 0.25) is 0 Å². The quantitative estimate of drug-likeness (QED) is 0.864. The first-order chi connectivity index (χ1) is 12.7. The molecular weight excluding hydrogens is 332 g/mol. The number of pyridine rings is 1. The normalized spacial score (nSPS) is 16.2. The molecule has 0 radical (unpaired) electrons. The molecule has 7 heteroatoms. The number of nitrogens with zero attached hydrogens (tertiary/aromatic N) is 2. The molecule has 136 valence electrons. The molecule has 3 rings (SSSR count). The fourth-order valence-corrected chi connectivity index (χ4v) is 2.95. The van der Waals surface area contributed by atoms with E-state index < -0.39 is 6.04 Å². The van der Waals surface area contributed by atoms with E-state index in [2.05, 4.69) is 15.6 Å². The van der Waals surface area contributed by atoms with Crippen LogP contribution in [0.1, 0.15) is 19.8 Å². The summed E-state index contributed by atoms with van der Waals surface area (Å²) in [6.45, 7) is 2.97. The van der Waals surface area contributed by atoms with Crippen LogP contribution < -0.4 is 15.4 Å². The first-order valence-corrected chi connectivity index (χ1v) is 8.71. The number of benzene rings is 1. The molecular formula is C19H22N4O3. The van der Waals surface area contributed by atoms with Crippen molar-refractivity contribution in [1.29, 1.82) is 0 Å². The molecule has 0 bridgehead atoms. The van der Waals surface area contributed by atoms with E-state index in [1.165, 1.54) is 0 Å². The molecule has 1 aliphatic heterocycles. The van der Waals surface area contributed by atoms with Gasteiger partial charge in [-0.1, -0.05) is 12.1 Å². The number of hydrogen-bond acceptors (Lipinski definition) is 4. The van der Waals surface area contributed by atoms with Gasteiger partial charge >= 0.3 is 6.03 Å². The second-order valence-corrected chi connectivity index (χ2v) is 5.96. The van der Waals surface area contributed by atoms with Crippen molar-refractivity contribution < 1.29 is 14.3 Å². The number of amides is 3. The topological polar surface area (TPSA) is 83.6 Å². The molecule has 7 nitrogen and oxygen atoms in total. The lowest BCUT2D eigenvalue weighted by atomic mass is 10.2. The fourth-order valence-electron chi connectivity index (χ4n) is 2.95. The lowest BCUT2D eigenvalue weighted by molar-refractivity contribution is -0.124. The highest BCUT2D eigenvalue weighted by atomic mass is 16.5. The van der Waals surface area contributed by atoms with Crippen molar-refractivity contribution in [3.63, 3.8) is 0 Å². The van der Waals surface area contributed by atoms with Gasteiger partial charge in [0.05, 0.1) is 11.9 Å². The fraction of sp³-hybridized carbons (Fsp3) is 0.316. The van der Waals surface area contributed by atoms with Crippen molar-refractivity contribution in [2.45, 2.75) is 25.8 Å². The Morgan fingerprint density at radius 1 is 1.27 bits per heavy atom. The molecule has 2 N–H and O–H groups in total. The summed E-state index contributed by atoms with van der Waals surface area (Å²) < 4.78 is 5.81. The van der Waals surface area contributed by atoms with Crippen LogP contribution >= 0.6 is 0 Å². The number of urea groups is 1. The SMILES string of the molecule is CCNC(=O)[C@@H]1CCCN1C(=O)Nc1ccccc1Oc1cccnc1. The van der Waals surface area contributed by atoms with Crippen LogP contribution in [0.4, 0.5) is 10.5 Å². The average molecular weight is 354 g/mol. The smallest absolute Gasteiger partial charge is 0.322 e. The van der Waals surface area contributed by atoms with Gasteiger partial charge < -0.3 is 20.3 Å². The second kappa shape index (κ2) is 8.33. The predicted octanol–water partition coefficient (Wildman–Crippen LogP) is 3.01. The van der Waals surface area contributed by atoms with Crippen LogP contribution in [0, 0.1) is 0 Å². The molecule has 0 saturated carbocycles. The number of likely N-dealkylation sites (tertiary alicyclic amines) is 1. The zero-order valence-corrected chi connectivity index (χ0v) is 14.6. The molecule has 26 heavy (non-hydrogen) atoms. The number of rotatable bonds is 5. The standard InChI is InChI=1S/C19H22N4O3/c1-2-21-18(24)16-9-6-12-23(16)19(25)22-15-8-3-4-10-17(15)26-14-7-5-11-20-13-14/h3-5,7-8,10-11,13,16H,2,6,9,12H2,1H3,(H,21,24)(H,22,25)/t16-/m0/s1. The molecule has 1 aromatic heterocycles. The maximum absolute atomic E-state index is 12.7. The number of aromatic nitrogens is 1. The van der Waals surface area contributed by atoms with Crippen molar-refractivity contribution in [1.82, 2.24) is 15.2 Å². The number of hydrogen-bond donors (Lipinski definition) is 2. The summed E-state index contributed by atoms with van der Waals surface area (Å²) >= 11 is 0. The van der Waals surface area contributed by atoms with Gasteiger partial charge in [-0.2, -0.15) is 0 Å². The lowest BCUT2D eigenvalue weighted by Gasteiger charge is -2.24. The molecule has 1 aliphatic rings. The van der Waals surface area contributed by atoms with Gasteiger partial charge in [0.25, 0.3) is 0 Å². The van der Waals surface area contributed by atoms with E-state index in [0.717, 1.165) is 6.42 Å². The summed E-state index contributed by atoms with van der Waals surface area (Å²) in [5, 5.41) is 5.65. The van der Waals surface area contributed by atoms with Crippen LogP contribution in [-0.4, -0.2) is 41.0 Å². The predicted molar refractivity (Wildman–Crippen MR) is 98.2 cm³/mol. The minimum absolute atomic E-state index is 0.111. The number of anilines is 1. The maximum Gasteiger partial charge on any atom is 0.322 e. The number of nitrogens with one attached hydrogen (secondary N) is 2. The Hall–Kier alpha value is -3.09. The largest absolute Gasteiger partial charge is 0.454 e. The van der Waals surface area contributed by atoms with Gasteiger partial charge in [-0.25, -0.2) is 4.79 Å². The zero-order valence-electron chi connectivity index (χ0n) is 14.6.